The summed E-state index contributed by atoms with van der Waals surface area (Å²) < 4.78 is 39.9. The smallest absolute Gasteiger partial charge is 0.337 e. The largest absolute Gasteiger partial charge is 0.433 e. The highest BCUT2D eigenvalue weighted by Gasteiger charge is 2.40. The lowest BCUT2D eigenvalue weighted by molar-refractivity contribution is -0.144. The molecule has 0 saturated carbocycles. The van der Waals surface area contributed by atoms with Crippen LogP contribution < -0.4 is 5.32 Å². The van der Waals surface area contributed by atoms with Crippen molar-refractivity contribution in [1.29, 1.82) is 0 Å². The van der Waals surface area contributed by atoms with E-state index in [9.17, 15) is 18.0 Å². The molecule has 2 aliphatic rings. The SMILES string of the molecule is Cc1nc2c(c(C(F)(F)F)n1)CC(C(=O)N1CCNC[C@H]1C)CC2. The van der Waals surface area contributed by atoms with Gasteiger partial charge in [0.1, 0.15) is 5.82 Å². The van der Waals surface area contributed by atoms with Crippen molar-refractivity contribution in [3.05, 3.63) is 22.8 Å². The number of fused-ring (bicyclic) bond motifs is 1. The van der Waals surface area contributed by atoms with E-state index in [4.69, 9.17) is 0 Å². The maximum absolute atomic E-state index is 13.3. The van der Waals surface area contributed by atoms with Crippen LogP contribution in [0.1, 0.15) is 36.1 Å². The zero-order valence-electron chi connectivity index (χ0n) is 13.8. The third kappa shape index (κ3) is 3.24. The van der Waals surface area contributed by atoms with E-state index in [1.807, 2.05) is 6.92 Å². The zero-order valence-corrected chi connectivity index (χ0v) is 13.8. The number of carbonyl (C=O) groups is 1. The Hall–Kier alpha value is -1.70. The second kappa shape index (κ2) is 6.31. The van der Waals surface area contributed by atoms with Crippen molar-refractivity contribution in [2.24, 2.45) is 5.92 Å². The van der Waals surface area contributed by atoms with Crippen LogP contribution in [0.3, 0.4) is 0 Å². The average Bonchev–Trinajstić information content (AvgIpc) is 2.52. The molecule has 3 rings (SSSR count). The van der Waals surface area contributed by atoms with E-state index in [-0.39, 0.29) is 29.8 Å². The van der Waals surface area contributed by atoms with Crippen LogP contribution in [0.4, 0.5) is 13.2 Å². The Balaban J connectivity index is 1.87. The molecule has 132 valence electrons. The summed E-state index contributed by atoms with van der Waals surface area (Å²) in [5, 5.41) is 3.21. The first-order valence-electron chi connectivity index (χ1n) is 8.22. The molecule has 1 unspecified atom stereocenters. The van der Waals surface area contributed by atoms with Crippen LogP contribution in [0.5, 0.6) is 0 Å². The molecule has 1 amide bonds. The van der Waals surface area contributed by atoms with Gasteiger partial charge in [-0.15, -0.1) is 0 Å². The molecule has 1 aromatic heterocycles. The number of nitrogens with one attached hydrogen (secondary N) is 1. The molecular weight excluding hydrogens is 321 g/mol. The first-order chi connectivity index (χ1) is 11.3. The van der Waals surface area contributed by atoms with Gasteiger partial charge in [-0.2, -0.15) is 13.2 Å². The molecule has 1 aromatic rings. The Kier molecular flexibility index (Phi) is 4.50. The molecule has 24 heavy (non-hydrogen) atoms. The van der Waals surface area contributed by atoms with Crippen LogP contribution in [-0.4, -0.2) is 46.5 Å². The lowest BCUT2D eigenvalue weighted by Gasteiger charge is -2.37. The van der Waals surface area contributed by atoms with Crippen LogP contribution in [0.25, 0.3) is 0 Å². The summed E-state index contributed by atoms with van der Waals surface area (Å²) in [7, 11) is 0. The lowest BCUT2D eigenvalue weighted by Crippen LogP contribution is -2.54. The zero-order chi connectivity index (χ0) is 17.5. The Labute approximate surface area is 138 Å². The molecule has 0 bridgehead atoms. The lowest BCUT2D eigenvalue weighted by atomic mass is 9.84. The van der Waals surface area contributed by atoms with Gasteiger partial charge in [-0.1, -0.05) is 0 Å². The van der Waals surface area contributed by atoms with Crippen molar-refractivity contribution in [1.82, 2.24) is 20.2 Å². The summed E-state index contributed by atoms with van der Waals surface area (Å²) in [6.45, 7) is 5.45. The molecule has 0 radical (unpaired) electrons. The number of rotatable bonds is 1. The molecule has 1 aliphatic carbocycles. The normalized spacial score (nSPS) is 24.6. The molecule has 1 N–H and O–H groups in total. The monoisotopic (exact) mass is 342 g/mol. The van der Waals surface area contributed by atoms with E-state index in [0.717, 1.165) is 6.54 Å². The predicted molar refractivity (Wildman–Crippen MR) is 81.3 cm³/mol. The Morgan fingerprint density at radius 1 is 1.33 bits per heavy atom. The van der Waals surface area contributed by atoms with Gasteiger partial charge in [-0.25, -0.2) is 9.97 Å². The standard InChI is InChI=1S/C16H21F3N4O/c1-9-8-20-5-6-23(9)15(24)11-3-4-13-12(7-11)14(16(17,18)19)22-10(2)21-13/h9,11,20H,3-8H2,1-2H3/t9-,11?/m1/s1. The minimum atomic E-state index is -4.52. The Morgan fingerprint density at radius 2 is 2.08 bits per heavy atom. The van der Waals surface area contributed by atoms with Crippen molar-refractivity contribution >= 4 is 5.91 Å². The van der Waals surface area contributed by atoms with Crippen molar-refractivity contribution in [3.63, 3.8) is 0 Å². The van der Waals surface area contributed by atoms with Gasteiger partial charge in [0.05, 0.1) is 0 Å². The second-order valence-electron chi connectivity index (χ2n) is 6.57. The van der Waals surface area contributed by atoms with Gasteiger partial charge in [0, 0.05) is 42.9 Å². The first kappa shape index (κ1) is 17.1. The van der Waals surface area contributed by atoms with Crippen LogP contribution in [0.2, 0.25) is 0 Å². The first-order valence-corrected chi connectivity index (χ1v) is 8.22. The van der Waals surface area contributed by atoms with Crippen LogP contribution in [0, 0.1) is 12.8 Å². The number of amides is 1. The van der Waals surface area contributed by atoms with Gasteiger partial charge in [-0.05, 0) is 33.1 Å². The van der Waals surface area contributed by atoms with Gasteiger partial charge in [0.15, 0.2) is 5.69 Å². The van der Waals surface area contributed by atoms with Crippen molar-refractivity contribution in [2.45, 2.75) is 45.3 Å². The molecular formula is C16H21F3N4O. The van der Waals surface area contributed by atoms with Crippen LogP contribution >= 0.6 is 0 Å². The predicted octanol–water partition coefficient (Wildman–Crippen LogP) is 1.73. The molecule has 2 heterocycles. The highest BCUT2D eigenvalue weighted by molar-refractivity contribution is 5.80. The number of alkyl halides is 3. The maximum atomic E-state index is 13.3. The number of carbonyl (C=O) groups excluding carboxylic acids is 1. The second-order valence-corrected chi connectivity index (χ2v) is 6.57. The summed E-state index contributed by atoms with van der Waals surface area (Å²) in [5.74, 6) is -0.351. The Bertz CT molecular complexity index is 647. The average molecular weight is 342 g/mol. The number of hydrogen-bond acceptors (Lipinski definition) is 4. The van der Waals surface area contributed by atoms with Crippen LogP contribution in [-0.2, 0) is 23.8 Å². The maximum Gasteiger partial charge on any atom is 0.433 e. The quantitative estimate of drug-likeness (QED) is 0.844. The minimum Gasteiger partial charge on any atom is -0.337 e. The highest BCUT2D eigenvalue weighted by atomic mass is 19.4. The van der Waals surface area contributed by atoms with Gasteiger partial charge < -0.3 is 10.2 Å². The molecule has 1 aliphatic heterocycles. The van der Waals surface area contributed by atoms with E-state index in [0.29, 0.717) is 31.6 Å². The van der Waals surface area contributed by atoms with Gasteiger partial charge in [0.25, 0.3) is 0 Å². The molecule has 1 saturated heterocycles. The minimum absolute atomic E-state index is 0.0525. The van der Waals surface area contributed by atoms with Crippen molar-refractivity contribution < 1.29 is 18.0 Å². The fraction of sp³-hybridized carbons (Fsp3) is 0.688. The number of piperazine rings is 1. The number of hydrogen-bond donors (Lipinski definition) is 1. The number of nitrogens with zero attached hydrogens (tertiary/aromatic N) is 3. The Morgan fingerprint density at radius 3 is 2.75 bits per heavy atom. The topological polar surface area (TPSA) is 58.1 Å². The van der Waals surface area contributed by atoms with E-state index < -0.39 is 17.8 Å². The number of halogens is 3. The summed E-state index contributed by atoms with van der Waals surface area (Å²) in [4.78, 5) is 22.3. The molecule has 2 atom stereocenters. The van der Waals surface area contributed by atoms with E-state index in [1.165, 1.54) is 6.92 Å². The van der Waals surface area contributed by atoms with Crippen molar-refractivity contribution in [2.75, 3.05) is 19.6 Å². The molecule has 0 spiro atoms. The van der Waals surface area contributed by atoms with Gasteiger partial charge in [0.2, 0.25) is 5.91 Å². The molecule has 5 nitrogen and oxygen atoms in total. The molecule has 8 heteroatoms. The van der Waals surface area contributed by atoms with Gasteiger partial charge >= 0.3 is 6.18 Å². The summed E-state index contributed by atoms with van der Waals surface area (Å²) in [6, 6.07) is 0.0593. The van der Waals surface area contributed by atoms with Gasteiger partial charge in [-0.3, -0.25) is 4.79 Å². The van der Waals surface area contributed by atoms with E-state index in [1.54, 1.807) is 4.90 Å². The summed E-state index contributed by atoms with van der Waals surface area (Å²) in [6.07, 6.45) is -3.53. The number of aryl methyl sites for hydroxylation is 2. The van der Waals surface area contributed by atoms with Crippen molar-refractivity contribution in [3.8, 4) is 0 Å². The molecule has 1 fully saturated rings. The summed E-state index contributed by atoms with van der Waals surface area (Å²) in [5.41, 5.74) is -0.344. The third-order valence-electron chi connectivity index (χ3n) is 4.79. The van der Waals surface area contributed by atoms with E-state index >= 15 is 0 Å². The third-order valence-corrected chi connectivity index (χ3v) is 4.79. The number of aromatic nitrogens is 2. The van der Waals surface area contributed by atoms with E-state index in [2.05, 4.69) is 15.3 Å². The summed E-state index contributed by atoms with van der Waals surface area (Å²) >= 11 is 0. The highest BCUT2D eigenvalue weighted by Crippen LogP contribution is 2.36. The fourth-order valence-corrected chi connectivity index (χ4v) is 3.58. The fourth-order valence-electron chi connectivity index (χ4n) is 3.58. The van der Waals surface area contributed by atoms with Crippen LogP contribution in [0.15, 0.2) is 0 Å². The molecule has 0 aromatic carbocycles.